The van der Waals surface area contributed by atoms with Crippen LogP contribution in [-0.4, -0.2) is 61.1 Å². The van der Waals surface area contributed by atoms with Crippen LogP contribution in [0.1, 0.15) is 19.8 Å². The van der Waals surface area contributed by atoms with Crippen molar-refractivity contribution in [1.82, 2.24) is 10.2 Å². The molecule has 2 N–H and O–H groups in total. The number of hydrogen-bond donors (Lipinski definition) is 2. The molecule has 0 aromatic carbocycles. The van der Waals surface area contributed by atoms with Gasteiger partial charge < -0.3 is 20.1 Å². The van der Waals surface area contributed by atoms with Crippen LogP contribution in [0.25, 0.3) is 0 Å². The summed E-state index contributed by atoms with van der Waals surface area (Å²) in [6, 6.07) is -0.909. The maximum atomic E-state index is 11.5. The van der Waals surface area contributed by atoms with Crippen molar-refractivity contribution < 1.29 is 24.2 Å². The zero-order chi connectivity index (χ0) is 14.1. The molecular weight excluding hydrogens is 240 g/mol. The number of carboxylic acid groups (broad SMARTS) is 1. The van der Waals surface area contributed by atoms with Gasteiger partial charge in [-0.1, -0.05) is 13.3 Å². The summed E-state index contributed by atoms with van der Waals surface area (Å²) in [4.78, 5) is 34.9. The van der Waals surface area contributed by atoms with E-state index >= 15 is 0 Å². The van der Waals surface area contributed by atoms with Crippen LogP contribution in [0.5, 0.6) is 0 Å². The van der Waals surface area contributed by atoms with E-state index in [0.717, 1.165) is 0 Å². The Balaban J connectivity index is 4.23. The molecule has 0 aliphatic carbocycles. The quantitative estimate of drug-likeness (QED) is 0.611. The smallest absolute Gasteiger partial charge is 0.326 e. The third kappa shape index (κ3) is 6.19. The van der Waals surface area contributed by atoms with Gasteiger partial charge in [-0.25, -0.2) is 4.79 Å². The molecule has 1 atom stereocenters. The summed E-state index contributed by atoms with van der Waals surface area (Å²) in [6.45, 7) is 1.53. The van der Waals surface area contributed by atoms with Crippen LogP contribution in [0.15, 0.2) is 0 Å². The fourth-order valence-corrected chi connectivity index (χ4v) is 1.32. The second kappa shape index (κ2) is 8.46. The van der Waals surface area contributed by atoms with Crippen LogP contribution < -0.4 is 5.32 Å². The molecule has 0 aliphatic rings. The van der Waals surface area contributed by atoms with Crippen LogP contribution in [-0.2, 0) is 19.1 Å². The number of likely N-dealkylation sites (N-methyl/N-ethyl adjacent to an activating group) is 1. The first-order valence-electron chi connectivity index (χ1n) is 5.67. The Kier molecular flexibility index (Phi) is 7.69. The predicted octanol–water partition coefficient (Wildman–Crippen LogP) is -0.539. The summed E-state index contributed by atoms with van der Waals surface area (Å²) in [5.41, 5.74) is 0. The van der Waals surface area contributed by atoms with E-state index in [-0.39, 0.29) is 19.1 Å². The number of carbonyl (C=O) groups excluding carboxylic acids is 2. The molecule has 1 unspecified atom stereocenters. The summed E-state index contributed by atoms with van der Waals surface area (Å²) < 4.78 is 4.65. The summed E-state index contributed by atoms with van der Waals surface area (Å²) in [7, 11) is 2.84. The highest BCUT2D eigenvalue weighted by Gasteiger charge is 2.20. The molecule has 0 saturated carbocycles. The van der Waals surface area contributed by atoms with Gasteiger partial charge in [0.1, 0.15) is 12.6 Å². The van der Waals surface area contributed by atoms with E-state index in [1.54, 1.807) is 0 Å². The van der Waals surface area contributed by atoms with Crippen LogP contribution in [0.3, 0.4) is 0 Å². The summed E-state index contributed by atoms with van der Waals surface area (Å²) in [5, 5.41) is 11.2. The molecule has 7 heteroatoms. The lowest BCUT2D eigenvalue weighted by Crippen LogP contribution is -2.46. The Morgan fingerprint density at radius 3 is 2.44 bits per heavy atom. The molecule has 18 heavy (non-hydrogen) atoms. The average Bonchev–Trinajstić information content (AvgIpc) is 2.28. The molecule has 0 bridgehead atoms. The van der Waals surface area contributed by atoms with Crippen molar-refractivity contribution in [1.29, 1.82) is 0 Å². The van der Waals surface area contributed by atoms with Crippen molar-refractivity contribution in [2.75, 3.05) is 27.3 Å². The third-order valence-electron chi connectivity index (χ3n) is 2.29. The molecule has 0 spiro atoms. The van der Waals surface area contributed by atoms with Crippen molar-refractivity contribution in [3.05, 3.63) is 0 Å². The number of nitrogens with zero attached hydrogens (tertiary/aromatic N) is 1. The molecule has 2 amide bonds. The number of amides is 2. The van der Waals surface area contributed by atoms with Crippen LogP contribution >= 0.6 is 0 Å². The van der Waals surface area contributed by atoms with Gasteiger partial charge in [0.15, 0.2) is 0 Å². The van der Waals surface area contributed by atoms with Crippen molar-refractivity contribution in [2.45, 2.75) is 25.8 Å². The molecule has 0 saturated heterocycles. The SMILES string of the molecule is CCCC(NC(=O)CN(C)C(=O)COC)C(=O)O. The van der Waals surface area contributed by atoms with E-state index < -0.39 is 17.9 Å². The molecule has 0 aliphatic heterocycles. The van der Waals surface area contributed by atoms with Gasteiger partial charge in [-0.05, 0) is 6.42 Å². The minimum absolute atomic E-state index is 0.110. The van der Waals surface area contributed by atoms with E-state index in [1.165, 1.54) is 19.1 Å². The molecule has 0 fully saturated rings. The molecule has 104 valence electrons. The molecule has 0 aromatic rings. The lowest BCUT2D eigenvalue weighted by molar-refractivity contribution is -0.143. The standard InChI is InChI=1S/C11H20N2O5/c1-4-5-8(11(16)17)12-9(14)6-13(2)10(15)7-18-3/h8H,4-7H2,1-3H3,(H,12,14)(H,16,17). The lowest BCUT2D eigenvalue weighted by Gasteiger charge is -2.18. The topological polar surface area (TPSA) is 95.9 Å². The van der Waals surface area contributed by atoms with Gasteiger partial charge in [0.05, 0.1) is 6.54 Å². The second-order valence-electron chi connectivity index (χ2n) is 3.93. The Bertz CT molecular complexity index is 306. The van der Waals surface area contributed by atoms with Gasteiger partial charge in [0, 0.05) is 14.2 Å². The Hall–Kier alpha value is -1.63. The summed E-state index contributed by atoms with van der Waals surface area (Å²) in [5.74, 6) is -1.91. The van der Waals surface area contributed by atoms with E-state index in [9.17, 15) is 14.4 Å². The normalized spacial score (nSPS) is 11.7. The van der Waals surface area contributed by atoms with Gasteiger partial charge in [-0.2, -0.15) is 0 Å². The second-order valence-corrected chi connectivity index (χ2v) is 3.93. The van der Waals surface area contributed by atoms with Gasteiger partial charge in [-0.3, -0.25) is 9.59 Å². The minimum atomic E-state index is -1.07. The van der Waals surface area contributed by atoms with Crippen LogP contribution in [0.2, 0.25) is 0 Å². The fraction of sp³-hybridized carbons (Fsp3) is 0.727. The number of hydrogen-bond acceptors (Lipinski definition) is 4. The van der Waals surface area contributed by atoms with Gasteiger partial charge >= 0.3 is 5.97 Å². The van der Waals surface area contributed by atoms with E-state index in [2.05, 4.69) is 10.1 Å². The van der Waals surface area contributed by atoms with E-state index in [4.69, 9.17) is 5.11 Å². The lowest BCUT2D eigenvalue weighted by atomic mass is 10.1. The predicted molar refractivity (Wildman–Crippen MR) is 64.0 cm³/mol. The largest absolute Gasteiger partial charge is 0.480 e. The molecular formula is C11H20N2O5. The minimum Gasteiger partial charge on any atom is -0.480 e. The van der Waals surface area contributed by atoms with Crippen molar-refractivity contribution in [3.8, 4) is 0 Å². The molecule has 7 nitrogen and oxygen atoms in total. The van der Waals surface area contributed by atoms with Crippen LogP contribution in [0, 0.1) is 0 Å². The van der Waals surface area contributed by atoms with Crippen molar-refractivity contribution in [3.63, 3.8) is 0 Å². The first kappa shape index (κ1) is 16.4. The summed E-state index contributed by atoms with van der Waals surface area (Å²) in [6.07, 6.45) is 1.01. The third-order valence-corrected chi connectivity index (χ3v) is 2.29. The number of carbonyl (C=O) groups is 3. The highest BCUT2D eigenvalue weighted by atomic mass is 16.5. The maximum Gasteiger partial charge on any atom is 0.326 e. The molecule has 0 heterocycles. The average molecular weight is 260 g/mol. The van der Waals surface area contributed by atoms with E-state index in [0.29, 0.717) is 12.8 Å². The van der Waals surface area contributed by atoms with Crippen LogP contribution in [0.4, 0.5) is 0 Å². The number of carboxylic acids is 1. The van der Waals surface area contributed by atoms with Gasteiger partial charge in [0.25, 0.3) is 0 Å². The highest BCUT2D eigenvalue weighted by molar-refractivity contribution is 5.88. The first-order valence-corrected chi connectivity index (χ1v) is 5.67. The Morgan fingerprint density at radius 2 is 2.00 bits per heavy atom. The number of ether oxygens (including phenoxy) is 1. The van der Waals surface area contributed by atoms with E-state index in [1.807, 2.05) is 6.92 Å². The van der Waals surface area contributed by atoms with Crippen molar-refractivity contribution >= 4 is 17.8 Å². The Morgan fingerprint density at radius 1 is 1.39 bits per heavy atom. The zero-order valence-corrected chi connectivity index (χ0v) is 10.9. The summed E-state index contributed by atoms with van der Waals surface area (Å²) >= 11 is 0. The molecule has 0 radical (unpaired) electrons. The Labute approximate surface area is 106 Å². The number of nitrogens with one attached hydrogen (secondary N) is 1. The monoisotopic (exact) mass is 260 g/mol. The fourth-order valence-electron chi connectivity index (χ4n) is 1.32. The number of aliphatic carboxylic acids is 1. The highest BCUT2D eigenvalue weighted by Crippen LogP contribution is 1.97. The maximum absolute atomic E-state index is 11.5. The van der Waals surface area contributed by atoms with Gasteiger partial charge in [-0.15, -0.1) is 0 Å². The number of methoxy groups -OCH3 is 1. The first-order chi connectivity index (χ1) is 8.42. The zero-order valence-electron chi connectivity index (χ0n) is 10.9. The molecule has 0 aromatic heterocycles. The number of rotatable bonds is 8. The molecule has 0 rings (SSSR count). The van der Waals surface area contributed by atoms with Gasteiger partial charge in [0.2, 0.25) is 11.8 Å². The van der Waals surface area contributed by atoms with Crippen molar-refractivity contribution in [2.24, 2.45) is 0 Å².